The van der Waals surface area contributed by atoms with Crippen molar-refractivity contribution in [2.24, 2.45) is 0 Å². The molecule has 0 aliphatic heterocycles. The molecule has 3 aromatic rings. The minimum absolute atomic E-state index is 0.0618. The van der Waals surface area contributed by atoms with E-state index in [0.717, 1.165) is 22.6 Å². The number of carbonyl (C=O) groups is 1. The molecule has 0 saturated heterocycles. The minimum Gasteiger partial charge on any atom is -0.489 e. The number of nitrogens with zero attached hydrogens (tertiary/aromatic N) is 1. The number of benzene rings is 3. The molecule has 0 fully saturated rings. The van der Waals surface area contributed by atoms with Gasteiger partial charge in [0.2, 0.25) is 5.91 Å². The Bertz CT molecular complexity index is 1020. The summed E-state index contributed by atoms with van der Waals surface area (Å²) in [5, 5.41) is 15.1. The van der Waals surface area contributed by atoms with Crippen molar-refractivity contribution >= 4 is 11.6 Å². The Kier molecular flexibility index (Phi) is 7.07. The van der Waals surface area contributed by atoms with E-state index in [0.29, 0.717) is 18.7 Å². The Morgan fingerprint density at radius 3 is 2.47 bits per heavy atom. The van der Waals surface area contributed by atoms with E-state index in [1.807, 2.05) is 80.6 Å². The summed E-state index contributed by atoms with van der Waals surface area (Å²) in [6.07, 6.45) is 0. The number of carbonyl (C=O) groups excluding carboxylic acids is 1. The maximum absolute atomic E-state index is 12.3. The van der Waals surface area contributed by atoms with E-state index in [1.165, 1.54) is 5.56 Å². The molecular weight excluding hydrogens is 374 g/mol. The van der Waals surface area contributed by atoms with Gasteiger partial charge in [0.25, 0.3) is 0 Å². The van der Waals surface area contributed by atoms with Crippen LogP contribution in [-0.4, -0.2) is 11.9 Å². The Balaban J connectivity index is 1.47. The highest BCUT2D eigenvalue weighted by molar-refractivity contribution is 5.84. The molecule has 2 N–H and O–H groups in total. The maximum atomic E-state index is 12.3. The van der Waals surface area contributed by atoms with E-state index in [1.54, 1.807) is 6.07 Å². The minimum atomic E-state index is -0.365. The van der Waals surface area contributed by atoms with Crippen LogP contribution in [0.2, 0.25) is 0 Å². The van der Waals surface area contributed by atoms with Gasteiger partial charge in [0, 0.05) is 12.2 Å². The second kappa shape index (κ2) is 10.1. The van der Waals surface area contributed by atoms with Crippen LogP contribution in [0.1, 0.15) is 29.2 Å². The molecule has 0 bridgehead atoms. The molecule has 3 aromatic carbocycles. The summed E-state index contributed by atoms with van der Waals surface area (Å²) in [5.41, 5.74) is 4.67. The molecule has 5 nitrogen and oxygen atoms in total. The standard InChI is InChI=1S/C25H25N3O2/c1-18-6-8-20(9-7-18)16-27-25(29)19(2)28-23-10-12-24(13-11-23)30-17-22-5-3-4-21(14-22)15-26/h3-14,19,28H,16-17H2,1-2H3,(H,27,29). The van der Waals surface area contributed by atoms with Crippen LogP contribution in [0.4, 0.5) is 5.69 Å². The van der Waals surface area contributed by atoms with Crippen LogP contribution in [0, 0.1) is 18.3 Å². The predicted molar refractivity (Wildman–Crippen MR) is 118 cm³/mol. The van der Waals surface area contributed by atoms with E-state index in [-0.39, 0.29) is 11.9 Å². The first-order valence-electron chi connectivity index (χ1n) is 9.85. The van der Waals surface area contributed by atoms with Gasteiger partial charge in [0.1, 0.15) is 18.4 Å². The number of rotatable bonds is 8. The zero-order chi connectivity index (χ0) is 21.3. The Hall–Kier alpha value is -3.78. The number of amides is 1. The van der Waals surface area contributed by atoms with Crippen molar-refractivity contribution in [2.75, 3.05) is 5.32 Å². The van der Waals surface area contributed by atoms with E-state index in [9.17, 15) is 4.79 Å². The molecule has 30 heavy (non-hydrogen) atoms. The monoisotopic (exact) mass is 399 g/mol. The summed E-state index contributed by atoms with van der Waals surface area (Å²) < 4.78 is 5.78. The Morgan fingerprint density at radius 1 is 1.03 bits per heavy atom. The molecule has 5 heteroatoms. The van der Waals surface area contributed by atoms with Crippen LogP contribution >= 0.6 is 0 Å². The fourth-order valence-corrected chi connectivity index (χ4v) is 2.91. The van der Waals surface area contributed by atoms with Gasteiger partial charge < -0.3 is 15.4 Å². The molecule has 0 aliphatic rings. The lowest BCUT2D eigenvalue weighted by Crippen LogP contribution is -2.37. The van der Waals surface area contributed by atoms with Crippen LogP contribution < -0.4 is 15.4 Å². The molecule has 0 radical (unpaired) electrons. The predicted octanol–water partition coefficient (Wildman–Crippen LogP) is 4.56. The largest absolute Gasteiger partial charge is 0.489 e. The highest BCUT2D eigenvalue weighted by Gasteiger charge is 2.12. The van der Waals surface area contributed by atoms with E-state index >= 15 is 0 Å². The number of nitrogens with one attached hydrogen (secondary N) is 2. The molecule has 152 valence electrons. The molecule has 1 atom stereocenters. The van der Waals surface area contributed by atoms with Crippen molar-refractivity contribution in [3.63, 3.8) is 0 Å². The van der Waals surface area contributed by atoms with Gasteiger partial charge in [0.05, 0.1) is 11.6 Å². The zero-order valence-electron chi connectivity index (χ0n) is 17.2. The highest BCUT2D eigenvalue weighted by atomic mass is 16.5. The number of aryl methyl sites for hydroxylation is 1. The number of hydrogen-bond donors (Lipinski definition) is 2. The average Bonchev–Trinajstić information content (AvgIpc) is 2.78. The smallest absolute Gasteiger partial charge is 0.242 e. The summed E-state index contributed by atoms with van der Waals surface area (Å²) in [7, 11) is 0. The number of hydrogen-bond acceptors (Lipinski definition) is 4. The summed E-state index contributed by atoms with van der Waals surface area (Å²) in [5.74, 6) is 0.660. The van der Waals surface area contributed by atoms with Crippen LogP contribution in [0.5, 0.6) is 5.75 Å². The van der Waals surface area contributed by atoms with Crippen molar-refractivity contribution < 1.29 is 9.53 Å². The van der Waals surface area contributed by atoms with Gasteiger partial charge in [-0.05, 0) is 61.4 Å². The first-order chi connectivity index (χ1) is 14.5. The number of nitriles is 1. The maximum Gasteiger partial charge on any atom is 0.242 e. The molecular formula is C25H25N3O2. The fraction of sp³-hybridized carbons (Fsp3) is 0.200. The van der Waals surface area contributed by atoms with Gasteiger partial charge >= 0.3 is 0 Å². The Labute approximate surface area is 177 Å². The van der Waals surface area contributed by atoms with Crippen LogP contribution in [0.25, 0.3) is 0 Å². The second-order valence-electron chi connectivity index (χ2n) is 7.19. The third kappa shape index (κ3) is 6.11. The summed E-state index contributed by atoms with van der Waals surface area (Å²) >= 11 is 0. The summed E-state index contributed by atoms with van der Waals surface area (Å²) in [6.45, 7) is 4.76. The normalized spacial score (nSPS) is 11.2. The zero-order valence-corrected chi connectivity index (χ0v) is 17.2. The van der Waals surface area contributed by atoms with Crippen LogP contribution in [0.15, 0.2) is 72.8 Å². The van der Waals surface area contributed by atoms with E-state index in [4.69, 9.17) is 10.00 Å². The van der Waals surface area contributed by atoms with Gasteiger partial charge in [-0.25, -0.2) is 0 Å². The van der Waals surface area contributed by atoms with Gasteiger partial charge in [-0.2, -0.15) is 5.26 Å². The van der Waals surface area contributed by atoms with E-state index in [2.05, 4.69) is 16.7 Å². The van der Waals surface area contributed by atoms with Crippen molar-refractivity contribution in [3.8, 4) is 11.8 Å². The lowest BCUT2D eigenvalue weighted by molar-refractivity contribution is -0.121. The van der Waals surface area contributed by atoms with Gasteiger partial charge in [-0.1, -0.05) is 42.0 Å². The van der Waals surface area contributed by atoms with Gasteiger partial charge in [-0.3, -0.25) is 4.79 Å². The molecule has 1 unspecified atom stereocenters. The summed E-state index contributed by atoms with van der Waals surface area (Å²) in [4.78, 5) is 12.3. The summed E-state index contributed by atoms with van der Waals surface area (Å²) in [6, 6.07) is 24.7. The first kappa shape index (κ1) is 20.9. The molecule has 1 amide bonds. The van der Waals surface area contributed by atoms with Crippen LogP contribution in [-0.2, 0) is 17.9 Å². The molecule has 0 saturated carbocycles. The first-order valence-corrected chi connectivity index (χ1v) is 9.85. The quantitative estimate of drug-likeness (QED) is 0.582. The third-order valence-corrected chi connectivity index (χ3v) is 4.68. The average molecular weight is 399 g/mol. The van der Waals surface area contributed by atoms with Crippen molar-refractivity contribution in [1.82, 2.24) is 5.32 Å². The second-order valence-corrected chi connectivity index (χ2v) is 7.19. The third-order valence-electron chi connectivity index (χ3n) is 4.68. The van der Waals surface area contributed by atoms with Crippen LogP contribution in [0.3, 0.4) is 0 Å². The molecule has 0 aromatic heterocycles. The molecule has 0 spiro atoms. The lowest BCUT2D eigenvalue weighted by Gasteiger charge is -2.16. The highest BCUT2D eigenvalue weighted by Crippen LogP contribution is 2.18. The molecule has 0 aliphatic carbocycles. The van der Waals surface area contributed by atoms with Gasteiger partial charge in [0.15, 0.2) is 0 Å². The van der Waals surface area contributed by atoms with Crippen molar-refractivity contribution in [1.29, 1.82) is 5.26 Å². The Morgan fingerprint density at radius 2 is 1.77 bits per heavy atom. The van der Waals surface area contributed by atoms with Gasteiger partial charge in [-0.15, -0.1) is 0 Å². The molecule has 0 heterocycles. The van der Waals surface area contributed by atoms with Crippen molar-refractivity contribution in [2.45, 2.75) is 33.0 Å². The number of anilines is 1. The fourth-order valence-electron chi connectivity index (χ4n) is 2.91. The lowest BCUT2D eigenvalue weighted by atomic mass is 10.1. The SMILES string of the molecule is Cc1ccc(CNC(=O)C(C)Nc2ccc(OCc3cccc(C#N)c3)cc2)cc1. The molecule has 3 rings (SSSR count). The number of ether oxygens (including phenoxy) is 1. The topological polar surface area (TPSA) is 74.2 Å². The van der Waals surface area contributed by atoms with Crippen molar-refractivity contribution in [3.05, 3.63) is 95.1 Å². The van der Waals surface area contributed by atoms with E-state index < -0.39 is 0 Å².